The molecule has 0 unspecified atom stereocenters. The molecule has 0 N–H and O–H groups in total. The van der Waals surface area contributed by atoms with Gasteiger partial charge in [0, 0.05) is 44.7 Å². The third-order valence-corrected chi connectivity index (χ3v) is 6.81. The highest BCUT2D eigenvalue weighted by Gasteiger charge is 2.22. The van der Waals surface area contributed by atoms with Crippen LogP contribution in [0.1, 0.15) is 10.4 Å². The Morgan fingerprint density at radius 2 is 1.67 bits per heavy atom. The lowest BCUT2D eigenvalue weighted by Crippen LogP contribution is -2.36. The Morgan fingerprint density at radius 3 is 2.23 bits per heavy atom. The molecule has 2 aromatic carbocycles. The Labute approximate surface area is 181 Å². The second-order valence-corrected chi connectivity index (χ2v) is 10.6. The smallest absolute Gasteiger partial charge is 0.260 e. The van der Waals surface area contributed by atoms with Crippen LogP contribution in [0, 0.1) is 0 Å². The van der Waals surface area contributed by atoms with Gasteiger partial charge in [-0.2, -0.15) is 0 Å². The van der Waals surface area contributed by atoms with E-state index in [2.05, 4.69) is 4.98 Å². The molecule has 1 amide bonds. The minimum atomic E-state index is -3.31. The van der Waals surface area contributed by atoms with Crippen LogP contribution in [0.25, 0.3) is 10.2 Å². The van der Waals surface area contributed by atoms with Gasteiger partial charge in [-0.1, -0.05) is 11.3 Å². The van der Waals surface area contributed by atoms with E-state index < -0.39 is 9.84 Å². The molecule has 0 saturated heterocycles. The summed E-state index contributed by atoms with van der Waals surface area (Å²) < 4.78 is 24.5. The fraction of sp³-hybridized carbons (Fsp3) is 0.333. The molecular formula is C21H26N4O3S2. The number of carbonyl (C=O) groups excluding carboxylic acids is 1. The van der Waals surface area contributed by atoms with Crippen molar-refractivity contribution < 1.29 is 13.2 Å². The van der Waals surface area contributed by atoms with Crippen molar-refractivity contribution in [2.45, 2.75) is 4.90 Å². The van der Waals surface area contributed by atoms with Gasteiger partial charge < -0.3 is 9.80 Å². The highest BCUT2D eigenvalue weighted by atomic mass is 32.2. The topological polar surface area (TPSA) is 73.8 Å². The molecule has 7 nitrogen and oxygen atoms in total. The van der Waals surface area contributed by atoms with Crippen molar-refractivity contribution in [3.05, 3.63) is 48.0 Å². The summed E-state index contributed by atoms with van der Waals surface area (Å²) in [6.45, 7) is 1.14. The first kappa shape index (κ1) is 22.2. The summed E-state index contributed by atoms with van der Waals surface area (Å²) in [7, 11) is 4.49. The first-order valence-electron chi connectivity index (χ1n) is 9.41. The van der Waals surface area contributed by atoms with Crippen molar-refractivity contribution in [3.8, 4) is 0 Å². The monoisotopic (exact) mass is 446 g/mol. The van der Waals surface area contributed by atoms with Crippen LogP contribution in [-0.2, 0) is 9.84 Å². The molecule has 160 valence electrons. The number of rotatable bonds is 7. The zero-order valence-corrected chi connectivity index (χ0v) is 19.4. The standard InChI is InChI=1S/C21H26N4O3S2/c1-23(2)12-13-25(20(26)15-6-8-16(9-7-15)24(3)4)21-22-18-11-10-17(30(5,27)28)14-19(18)29-21/h6-11,14H,12-13H2,1-5H3. The Morgan fingerprint density at radius 1 is 1.00 bits per heavy atom. The van der Waals surface area contributed by atoms with Crippen molar-refractivity contribution in [2.75, 3.05) is 57.3 Å². The van der Waals surface area contributed by atoms with E-state index in [9.17, 15) is 13.2 Å². The predicted molar refractivity (Wildman–Crippen MR) is 124 cm³/mol. The van der Waals surface area contributed by atoms with E-state index in [0.717, 1.165) is 10.4 Å². The minimum Gasteiger partial charge on any atom is -0.378 e. The van der Waals surface area contributed by atoms with E-state index in [4.69, 9.17) is 0 Å². The van der Waals surface area contributed by atoms with Crippen LogP contribution in [0.3, 0.4) is 0 Å². The quantitative estimate of drug-likeness (QED) is 0.556. The summed E-state index contributed by atoms with van der Waals surface area (Å²) in [5, 5.41) is 0.555. The Kier molecular flexibility index (Phi) is 6.44. The van der Waals surface area contributed by atoms with Crippen LogP contribution in [0.15, 0.2) is 47.4 Å². The number of carbonyl (C=O) groups is 1. The summed E-state index contributed by atoms with van der Waals surface area (Å²) in [4.78, 5) is 23.8. The maximum absolute atomic E-state index is 13.3. The van der Waals surface area contributed by atoms with E-state index >= 15 is 0 Å². The SMILES string of the molecule is CN(C)CCN(C(=O)c1ccc(N(C)C)cc1)c1nc2ccc(S(C)(=O)=O)cc2s1. The molecule has 0 aliphatic rings. The number of thiazole rings is 1. The molecule has 0 aliphatic heterocycles. The number of fused-ring (bicyclic) bond motifs is 1. The van der Waals surface area contributed by atoms with Crippen molar-refractivity contribution in [1.29, 1.82) is 0 Å². The molecule has 9 heteroatoms. The molecule has 0 saturated carbocycles. The highest BCUT2D eigenvalue weighted by Crippen LogP contribution is 2.31. The van der Waals surface area contributed by atoms with Gasteiger partial charge in [0.05, 0.1) is 15.1 Å². The van der Waals surface area contributed by atoms with Crippen LogP contribution in [0.4, 0.5) is 10.8 Å². The lowest BCUT2D eigenvalue weighted by atomic mass is 10.1. The lowest BCUT2D eigenvalue weighted by molar-refractivity contribution is 0.0985. The van der Waals surface area contributed by atoms with Crippen LogP contribution in [-0.4, -0.2) is 71.7 Å². The van der Waals surface area contributed by atoms with Gasteiger partial charge in [-0.05, 0) is 56.6 Å². The van der Waals surface area contributed by atoms with Crippen molar-refractivity contribution in [2.24, 2.45) is 0 Å². The van der Waals surface area contributed by atoms with E-state index in [1.54, 1.807) is 23.1 Å². The van der Waals surface area contributed by atoms with E-state index in [0.29, 0.717) is 29.3 Å². The van der Waals surface area contributed by atoms with Crippen molar-refractivity contribution >= 4 is 48.1 Å². The summed E-state index contributed by atoms with van der Waals surface area (Å²) >= 11 is 1.32. The molecule has 0 fully saturated rings. The Hall–Kier alpha value is -2.49. The third kappa shape index (κ3) is 4.97. The first-order valence-corrected chi connectivity index (χ1v) is 12.1. The van der Waals surface area contributed by atoms with E-state index in [1.165, 1.54) is 17.6 Å². The summed E-state index contributed by atoms with van der Waals surface area (Å²) in [5.41, 5.74) is 2.27. The number of hydrogen-bond acceptors (Lipinski definition) is 7. The summed E-state index contributed by atoms with van der Waals surface area (Å²) in [6.07, 6.45) is 1.18. The summed E-state index contributed by atoms with van der Waals surface area (Å²) in [6, 6.07) is 12.3. The van der Waals surface area contributed by atoms with Gasteiger partial charge in [-0.25, -0.2) is 13.4 Å². The maximum atomic E-state index is 13.3. The van der Waals surface area contributed by atoms with Gasteiger partial charge in [-0.3, -0.25) is 9.69 Å². The Bertz CT molecular complexity index is 1150. The number of benzene rings is 2. The zero-order valence-electron chi connectivity index (χ0n) is 17.8. The van der Waals surface area contributed by atoms with Gasteiger partial charge in [0.15, 0.2) is 15.0 Å². The van der Waals surface area contributed by atoms with Crippen LogP contribution in [0.2, 0.25) is 0 Å². The second kappa shape index (κ2) is 8.71. The highest BCUT2D eigenvalue weighted by molar-refractivity contribution is 7.90. The molecule has 0 radical (unpaired) electrons. The maximum Gasteiger partial charge on any atom is 0.260 e. The normalized spacial score (nSPS) is 11.8. The lowest BCUT2D eigenvalue weighted by Gasteiger charge is -2.22. The number of hydrogen-bond donors (Lipinski definition) is 0. The number of aromatic nitrogens is 1. The van der Waals surface area contributed by atoms with Gasteiger partial charge >= 0.3 is 0 Å². The minimum absolute atomic E-state index is 0.135. The molecule has 0 atom stereocenters. The Balaban J connectivity index is 1.99. The van der Waals surface area contributed by atoms with E-state index in [1.807, 2.05) is 62.3 Å². The average molecular weight is 447 g/mol. The number of likely N-dealkylation sites (N-methyl/N-ethyl adjacent to an activating group) is 1. The number of nitrogens with zero attached hydrogens (tertiary/aromatic N) is 4. The largest absolute Gasteiger partial charge is 0.378 e. The third-order valence-electron chi connectivity index (χ3n) is 4.65. The predicted octanol–water partition coefficient (Wildman–Crippen LogP) is 2.97. The first-order chi connectivity index (χ1) is 14.1. The van der Waals surface area contributed by atoms with Crippen LogP contribution >= 0.6 is 11.3 Å². The molecule has 3 aromatic rings. The van der Waals surface area contributed by atoms with Crippen molar-refractivity contribution in [1.82, 2.24) is 9.88 Å². The van der Waals surface area contributed by atoms with Crippen molar-refractivity contribution in [3.63, 3.8) is 0 Å². The molecule has 1 aromatic heterocycles. The van der Waals surface area contributed by atoms with Gasteiger partial charge in [-0.15, -0.1) is 0 Å². The van der Waals surface area contributed by atoms with Gasteiger partial charge in [0.2, 0.25) is 0 Å². The van der Waals surface area contributed by atoms with Gasteiger partial charge in [0.25, 0.3) is 5.91 Å². The molecular weight excluding hydrogens is 420 g/mol. The molecule has 0 bridgehead atoms. The second-order valence-electron chi connectivity index (χ2n) is 7.60. The fourth-order valence-corrected chi connectivity index (χ4v) is 4.63. The number of amides is 1. The van der Waals surface area contributed by atoms with Crippen LogP contribution < -0.4 is 9.80 Å². The van der Waals surface area contributed by atoms with E-state index in [-0.39, 0.29) is 10.8 Å². The number of sulfone groups is 1. The average Bonchev–Trinajstić information content (AvgIpc) is 3.10. The molecule has 1 heterocycles. The molecule has 0 aliphatic carbocycles. The number of anilines is 2. The molecule has 3 rings (SSSR count). The molecule has 0 spiro atoms. The summed E-state index contributed by atoms with van der Waals surface area (Å²) in [5.74, 6) is -0.135. The zero-order chi connectivity index (χ0) is 22.1. The van der Waals surface area contributed by atoms with Crippen LogP contribution in [0.5, 0.6) is 0 Å². The fourth-order valence-electron chi connectivity index (χ4n) is 2.88. The van der Waals surface area contributed by atoms with Gasteiger partial charge in [0.1, 0.15) is 0 Å². The molecule has 30 heavy (non-hydrogen) atoms.